The summed E-state index contributed by atoms with van der Waals surface area (Å²) >= 11 is 0. The molecule has 7 nitrogen and oxygen atoms in total. The summed E-state index contributed by atoms with van der Waals surface area (Å²) < 4.78 is 21.0. The standard InChI is InChI=1S/C14H20O7/c1-5-6-11-13(20-9(3)16)14(21-10(4)17)12(7-18-11)19-8(2)15/h5,11-14H,1,6-7H2,2-4H3/t11-,12-,13?,14?/m1/s1. The van der Waals surface area contributed by atoms with Crippen LogP contribution in [0.5, 0.6) is 0 Å². The van der Waals surface area contributed by atoms with Gasteiger partial charge in [-0.3, -0.25) is 14.4 Å². The number of ether oxygens (including phenoxy) is 4. The molecule has 21 heavy (non-hydrogen) atoms. The molecule has 0 aliphatic carbocycles. The largest absolute Gasteiger partial charge is 0.456 e. The minimum Gasteiger partial charge on any atom is -0.456 e. The fourth-order valence-corrected chi connectivity index (χ4v) is 2.18. The van der Waals surface area contributed by atoms with Crippen LogP contribution < -0.4 is 0 Å². The first-order chi connectivity index (χ1) is 9.85. The molecule has 0 radical (unpaired) electrons. The van der Waals surface area contributed by atoms with Gasteiger partial charge in [-0.1, -0.05) is 6.08 Å². The predicted octanol–water partition coefficient (Wildman–Crippen LogP) is 0.756. The van der Waals surface area contributed by atoms with Crippen molar-refractivity contribution in [2.24, 2.45) is 0 Å². The third-order valence-electron chi connectivity index (χ3n) is 2.85. The van der Waals surface area contributed by atoms with Gasteiger partial charge in [-0.2, -0.15) is 0 Å². The van der Waals surface area contributed by atoms with Crippen LogP contribution in [0, 0.1) is 0 Å². The van der Waals surface area contributed by atoms with E-state index < -0.39 is 42.3 Å². The van der Waals surface area contributed by atoms with Crippen molar-refractivity contribution in [3.63, 3.8) is 0 Å². The van der Waals surface area contributed by atoms with Crippen LogP contribution in [-0.4, -0.2) is 48.9 Å². The summed E-state index contributed by atoms with van der Waals surface area (Å²) in [7, 11) is 0. The third-order valence-corrected chi connectivity index (χ3v) is 2.85. The molecular formula is C14H20O7. The summed E-state index contributed by atoms with van der Waals surface area (Å²) in [5, 5.41) is 0. The van der Waals surface area contributed by atoms with E-state index in [0.717, 1.165) is 0 Å². The first-order valence-corrected chi connectivity index (χ1v) is 6.59. The fraction of sp³-hybridized carbons (Fsp3) is 0.643. The smallest absolute Gasteiger partial charge is 0.303 e. The van der Waals surface area contributed by atoms with Crippen LogP contribution in [0.3, 0.4) is 0 Å². The third kappa shape index (κ3) is 5.18. The Hall–Kier alpha value is -1.89. The maximum absolute atomic E-state index is 11.3. The highest BCUT2D eigenvalue weighted by Gasteiger charge is 2.46. The van der Waals surface area contributed by atoms with E-state index in [1.54, 1.807) is 6.08 Å². The zero-order valence-electron chi connectivity index (χ0n) is 12.4. The summed E-state index contributed by atoms with van der Waals surface area (Å²) in [5.74, 6) is -1.64. The zero-order chi connectivity index (χ0) is 16.0. The van der Waals surface area contributed by atoms with E-state index in [0.29, 0.717) is 6.42 Å². The van der Waals surface area contributed by atoms with Gasteiger partial charge in [-0.25, -0.2) is 0 Å². The minimum atomic E-state index is -0.908. The molecule has 0 spiro atoms. The number of esters is 3. The number of hydrogen-bond acceptors (Lipinski definition) is 7. The Labute approximate surface area is 123 Å². The van der Waals surface area contributed by atoms with Crippen LogP contribution in [0.1, 0.15) is 27.2 Å². The van der Waals surface area contributed by atoms with Crippen LogP contribution in [0.2, 0.25) is 0 Å². The fourth-order valence-electron chi connectivity index (χ4n) is 2.18. The second kappa shape index (κ2) is 7.78. The van der Waals surface area contributed by atoms with Gasteiger partial charge >= 0.3 is 17.9 Å². The average Bonchev–Trinajstić information content (AvgIpc) is 2.35. The molecule has 0 aromatic rings. The molecule has 0 bridgehead atoms. The second-order valence-corrected chi connectivity index (χ2v) is 4.69. The van der Waals surface area contributed by atoms with Crippen LogP contribution in [0.4, 0.5) is 0 Å². The summed E-state index contributed by atoms with van der Waals surface area (Å²) in [5.41, 5.74) is 0. The molecule has 0 amide bonds. The Morgan fingerprint density at radius 3 is 2.05 bits per heavy atom. The van der Waals surface area contributed by atoms with Crippen LogP contribution in [0.25, 0.3) is 0 Å². The predicted molar refractivity (Wildman–Crippen MR) is 71.2 cm³/mol. The Morgan fingerprint density at radius 1 is 1.05 bits per heavy atom. The van der Waals surface area contributed by atoms with E-state index >= 15 is 0 Å². The van der Waals surface area contributed by atoms with E-state index in [-0.39, 0.29) is 6.61 Å². The number of carbonyl (C=O) groups is 3. The molecule has 1 heterocycles. The van der Waals surface area contributed by atoms with Crippen molar-refractivity contribution in [3.05, 3.63) is 12.7 Å². The molecule has 0 N–H and O–H groups in total. The molecule has 0 saturated carbocycles. The topological polar surface area (TPSA) is 88.1 Å². The first kappa shape index (κ1) is 17.2. The molecule has 1 rings (SSSR count). The van der Waals surface area contributed by atoms with Gasteiger partial charge in [0.2, 0.25) is 0 Å². The Bertz CT molecular complexity index is 418. The van der Waals surface area contributed by atoms with Gasteiger partial charge in [0.15, 0.2) is 18.3 Å². The van der Waals surface area contributed by atoms with Crippen molar-refractivity contribution < 1.29 is 33.3 Å². The van der Waals surface area contributed by atoms with Gasteiger partial charge in [-0.05, 0) is 6.42 Å². The summed E-state index contributed by atoms with van der Waals surface area (Å²) in [6.45, 7) is 7.37. The van der Waals surface area contributed by atoms with Gasteiger partial charge < -0.3 is 18.9 Å². The lowest BCUT2D eigenvalue weighted by Crippen LogP contribution is -2.57. The lowest BCUT2D eigenvalue weighted by atomic mass is 9.97. The maximum Gasteiger partial charge on any atom is 0.303 e. The number of rotatable bonds is 5. The van der Waals surface area contributed by atoms with E-state index in [1.165, 1.54) is 20.8 Å². The molecule has 1 saturated heterocycles. The molecular weight excluding hydrogens is 280 g/mol. The normalized spacial score (nSPS) is 28.3. The summed E-state index contributed by atoms with van der Waals surface area (Å²) in [6, 6.07) is 0. The highest BCUT2D eigenvalue weighted by atomic mass is 16.6. The summed E-state index contributed by atoms with van der Waals surface area (Å²) in [4.78, 5) is 33.7. The quantitative estimate of drug-likeness (QED) is 0.420. The molecule has 118 valence electrons. The van der Waals surface area contributed by atoms with Crippen molar-refractivity contribution in [1.29, 1.82) is 0 Å². The van der Waals surface area contributed by atoms with E-state index in [9.17, 15) is 14.4 Å². The van der Waals surface area contributed by atoms with Gasteiger partial charge in [0.25, 0.3) is 0 Å². The first-order valence-electron chi connectivity index (χ1n) is 6.59. The lowest BCUT2D eigenvalue weighted by Gasteiger charge is -2.40. The van der Waals surface area contributed by atoms with Crippen molar-refractivity contribution in [3.8, 4) is 0 Å². The van der Waals surface area contributed by atoms with Crippen molar-refractivity contribution in [2.75, 3.05) is 6.61 Å². The molecule has 0 aromatic carbocycles. The zero-order valence-corrected chi connectivity index (χ0v) is 12.4. The highest BCUT2D eigenvalue weighted by Crippen LogP contribution is 2.26. The Morgan fingerprint density at radius 2 is 1.57 bits per heavy atom. The van der Waals surface area contributed by atoms with Gasteiger partial charge in [0.1, 0.15) is 6.10 Å². The molecule has 7 heteroatoms. The molecule has 1 aliphatic rings. The minimum absolute atomic E-state index is 0.0494. The lowest BCUT2D eigenvalue weighted by molar-refractivity contribution is -0.225. The van der Waals surface area contributed by atoms with E-state index in [4.69, 9.17) is 18.9 Å². The van der Waals surface area contributed by atoms with Crippen LogP contribution >= 0.6 is 0 Å². The van der Waals surface area contributed by atoms with Gasteiger partial charge in [0, 0.05) is 20.8 Å². The van der Waals surface area contributed by atoms with Gasteiger partial charge in [-0.15, -0.1) is 6.58 Å². The Kier molecular flexibility index (Phi) is 6.36. The number of hydrogen-bond donors (Lipinski definition) is 0. The maximum atomic E-state index is 11.3. The molecule has 0 aromatic heterocycles. The highest BCUT2D eigenvalue weighted by molar-refractivity contribution is 5.68. The monoisotopic (exact) mass is 300 g/mol. The molecule has 2 unspecified atom stereocenters. The summed E-state index contributed by atoms with van der Waals surface area (Å²) in [6.07, 6.45) is -1.09. The van der Waals surface area contributed by atoms with Crippen molar-refractivity contribution in [2.45, 2.75) is 51.6 Å². The van der Waals surface area contributed by atoms with Crippen LogP contribution in [-0.2, 0) is 33.3 Å². The van der Waals surface area contributed by atoms with Gasteiger partial charge in [0.05, 0.1) is 6.61 Å². The number of carbonyl (C=O) groups excluding carboxylic acids is 3. The average molecular weight is 300 g/mol. The van der Waals surface area contributed by atoms with Crippen molar-refractivity contribution in [1.82, 2.24) is 0 Å². The molecule has 1 fully saturated rings. The second-order valence-electron chi connectivity index (χ2n) is 4.69. The Balaban J connectivity index is 2.99. The van der Waals surface area contributed by atoms with E-state index in [1.807, 2.05) is 0 Å². The van der Waals surface area contributed by atoms with E-state index in [2.05, 4.69) is 6.58 Å². The van der Waals surface area contributed by atoms with Crippen molar-refractivity contribution >= 4 is 17.9 Å². The molecule has 1 aliphatic heterocycles. The SMILES string of the molecule is C=CC[C@H]1OC[C@@H](OC(C)=O)C(OC(C)=O)C1OC(C)=O. The van der Waals surface area contributed by atoms with Crippen LogP contribution in [0.15, 0.2) is 12.7 Å². The molecule has 4 atom stereocenters.